The molecule has 0 radical (unpaired) electrons. The van der Waals surface area contributed by atoms with Crippen molar-refractivity contribution in [2.24, 2.45) is 5.92 Å². The summed E-state index contributed by atoms with van der Waals surface area (Å²) >= 11 is 0. The van der Waals surface area contributed by atoms with Crippen LogP contribution in [-0.4, -0.2) is 52.6 Å². The van der Waals surface area contributed by atoms with Crippen LogP contribution in [0.1, 0.15) is 12.8 Å². The van der Waals surface area contributed by atoms with E-state index in [1.165, 1.54) is 25.9 Å². The minimum atomic E-state index is -0.163. The Morgan fingerprint density at radius 2 is 1.94 bits per heavy atom. The summed E-state index contributed by atoms with van der Waals surface area (Å²) in [5.41, 5.74) is 3.77. The van der Waals surface area contributed by atoms with Gasteiger partial charge in [0.2, 0.25) is 0 Å². The molecule has 0 saturated carbocycles. The Bertz CT molecular complexity index is 1300. The number of imidazole rings is 1. The first-order valence-electron chi connectivity index (χ1n) is 10.9. The Morgan fingerprint density at radius 3 is 2.68 bits per heavy atom. The average Bonchev–Trinajstić information content (AvgIpc) is 3.23. The molecule has 0 amide bonds. The van der Waals surface area contributed by atoms with Gasteiger partial charge in [-0.25, -0.2) is 4.98 Å². The summed E-state index contributed by atoms with van der Waals surface area (Å²) in [7, 11) is 1.63. The number of rotatable bonds is 4. The number of benzene rings is 2. The molecule has 5 heterocycles. The topological polar surface area (TPSA) is 86.0 Å². The van der Waals surface area contributed by atoms with Crippen LogP contribution in [0.5, 0.6) is 5.75 Å². The van der Waals surface area contributed by atoms with Gasteiger partial charge in [-0.2, -0.15) is 0 Å². The standard InChI is InChI=1S/C24H25N5O2/c1-31-15-6-7-16-19(12-15)28-24(30)21(23-26-17-4-2-3-5-18(17)27-23)22(16)25-20-13-29-10-8-14(20)9-11-29/h2-7,12,14,20H,8-11,13H2,1H3,(H,26,27)(H2,25,28,30)/t20-/m1/s1. The summed E-state index contributed by atoms with van der Waals surface area (Å²) in [5.74, 6) is 1.93. The Balaban J connectivity index is 1.55. The van der Waals surface area contributed by atoms with E-state index >= 15 is 0 Å². The summed E-state index contributed by atoms with van der Waals surface area (Å²) < 4.78 is 5.38. The lowest BCUT2D eigenvalue weighted by atomic mass is 9.83. The van der Waals surface area contributed by atoms with Crippen LogP contribution in [0.4, 0.5) is 5.69 Å². The number of para-hydroxylation sites is 2. The van der Waals surface area contributed by atoms with Gasteiger partial charge in [0.05, 0.1) is 29.3 Å². The molecule has 3 saturated heterocycles. The summed E-state index contributed by atoms with van der Waals surface area (Å²) in [6, 6.07) is 14.0. The summed E-state index contributed by atoms with van der Waals surface area (Å²) in [6.45, 7) is 3.36. The second-order valence-corrected chi connectivity index (χ2v) is 8.61. The second kappa shape index (κ2) is 7.13. The number of hydrogen-bond acceptors (Lipinski definition) is 5. The molecule has 4 aromatic rings. The molecule has 7 rings (SSSR count). The number of nitrogens with one attached hydrogen (secondary N) is 3. The third-order valence-corrected chi connectivity index (χ3v) is 6.83. The lowest BCUT2D eigenvalue weighted by Gasteiger charge is -2.45. The minimum Gasteiger partial charge on any atom is -0.497 e. The zero-order valence-electron chi connectivity index (χ0n) is 17.4. The number of aromatic amines is 2. The molecule has 158 valence electrons. The largest absolute Gasteiger partial charge is 0.497 e. The highest BCUT2D eigenvalue weighted by molar-refractivity contribution is 5.99. The highest BCUT2D eigenvalue weighted by Crippen LogP contribution is 2.36. The predicted molar refractivity (Wildman–Crippen MR) is 123 cm³/mol. The molecule has 0 spiro atoms. The SMILES string of the molecule is COc1ccc2c(N[C@@H]3CN4CCC3CC4)c(-c3nc4ccccc4[nH]3)c(=O)[nH]c2c1. The molecule has 7 nitrogen and oxygen atoms in total. The first kappa shape index (κ1) is 18.4. The smallest absolute Gasteiger partial charge is 0.261 e. The van der Waals surface area contributed by atoms with Gasteiger partial charge in [-0.05, 0) is 56.1 Å². The van der Waals surface area contributed by atoms with Gasteiger partial charge in [0.15, 0.2) is 0 Å². The van der Waals surface area contributed by atoms with E-state index in [-0.39, 0.29) is 5.56 Å². The van der Waals surface area contributed by atoms with Gasteiger partial charge in [0.25, 0.3) is 5.56 Å². The highest BCUT2D eigenvalue weighted by Gasteiger charge is 2.35. The van der Waals surface area contributed by atoms with E-state index in [0.29, 0.717) is 29.1 Å². The number of anilines is 1. The molecule has 3 fully saturated rings. The zero-order valence-corrected chi connectivity index (χ0v) is 17.4. The molecule has 2 aromatic heterocycles. The lowest BCUT2D eigenvalue weighted by molar-refractivity contribution is 0.0976. The molecular formula is C24H25N5O2. The van der Waals surface area contributed by atoms with Gasteiger partial charge >= 0.3 is 0 Å². The fraction of sp³-hybridized carbons (Fsp3) is 0.333. The van der Waals surface area contributed by atoms with Crippen molar-refractivity contribution in [3.05, 3.63) is 52.8 Å². The summed E-state index contributed by atoms with van der Waals surface area (Å²) in [6.07, 6.45) is 2.40. The number of piperidine rings is 3. The molecule has 0 unspecified atom stereocenters. The van der Waals surface area contributed by atoms with Crippen molar-refractivity contribution < 1.29 is 4.74 Å². The number of ether oxygens (including phenoxy) is 1. The summed E-state index contributed by atoms with van der Waals surface area (Å²) in [4.78, 5) is 27.0. The van der Waals surface area contributed by atoms with Crippen molar-refractivity contribution in [1.29, 1.82) is 0 Å². The molecule has 31 heavy (non-hydrogen) atoms. The average molecular weight is 415 g/mol. The summed E-state index contributed by atoms with van der Waals surface area (Å²) in [5, 5.41) is 4.75. The van der Waals surface area contributed by atoms with E-state index in [0.717, 1.165) is 34.2 Å². The van der Waals surface area contributed by atoms with Crippen molar-refractivity contribution in [3.63, 3.8) is 0 Å². The highest BCUT2D eigenvalue weighted by atomic mass is 16.5. The number of aromatic nitrogens is 3. The molecule has 3 aliphatic rings. The molecule has 1 atom stereocenters. The van der Waals surface area contributed by atoms with E-state index in [4.69, 9.17) is 9.72 Å². The zero-order chi connectivity index (χ0) is 20.9. The van der Waals surface area contributed by atoms with E-state index in [1.807, 2.05) is 42.5 Å². The van der Waals surface area contributed by atoms with Crippen molar-refractivity contribution in [3.8, 4) is 17.1 Å². The van der Waals surface area contributed by atoms with Gasteiger partial charge in [0, 0.05) is 24.0 Å². The Kier molecular flexibility index (Phi) is 4.24. The third kappa shape index (κ3) is 3.08. The number of nitrogens with zero attached hydrogens (tertiary/aromatic N) is 2. The number of fused-ring (bicyclic) bond motifs is 5. The number of hydrogen-bond donors (Lipinski definition) is 3. The first-order valence-corrected chi connectivity index (χ1v) is 10.9. The Labute approximate surface area is 179 Å². The molecular weight excluding hydrogens is 390 g/mol. The Morgan fingerprint density at radius 1 is 1.10 bits per heavy atom. The van der Waals surface area contributed by atoms with Crippen LogP contribution < -0.4 is 15.6 Å². The van der Waals surface area contributed by atoms with Crippen LogP contribution in [-0.2, 0) is 0 Å². The minimum absolute atomic E-state index is 0.163. The lowest BCUT2D eigenvalue weighted by Crippen LogP contribution is -2.53. The quantitative estimate of drug-likeness (QED) is 0.474. The van der Waals surface area contributed by atoms with Gasteiger partial charge in [-0.3, -0.25) is 4.79 Å². The van der Waals surface area contributed by atoms with E-state index in [2.05, 4.69) is 20.2 Å². The van der Waals surface area contributed by atoms with Gasteiger partial charge in [-0.15, -0.1) is 0 Å². The van der Waals surface area contributed by atoms with E-state index in [9.17, 15) is 4.79 Å². The van der Waals surface area contributed by atoms with Crippen LogP contribution in [0.15, 0.2) is 47.3 Å². The van der Waals surface area contributed by atoms with Gasteiger partial charge < -0.3 is 24.9 Å². The van der Waals surface area contributed by atoms with Crippen LogP contribution in [0.3, 0.4) is 0 Å². The second-order valence-electron chi connectivity index (χ2n) is 8.61. The van der Waals surface area contributed by atoms with Crippen molar-refractivity contribution in [1.82, 2.24) is 19.9 Å². The monoisotopic (exact) mass is 415 g/mol. The Hall–Kier alpha value is -3.32. The van der Waals surface area contributed by atoms with Crippen molar-refractivity contribution in [2.45, 2.75) is 18.9 Å². The fourth-order valence-electron chi connectivity index (χ4n) is 5.17. The van der Waals surface area contributed by atoms with Crippen LogP contribution in [0.2, 0.25) is 0 Å². The van der Waals surface area contributed by atoms with Crippen LogP contribution in [0.25, 0.3) is 33.3 Å². The molecule has 3 aliphatic heterocycles. The van der Waals surface area contributed by atoms with E-state index < -0.39 is 0 Å². The van der Waals surface area contributed by atoms with Gasteiger partial charge in [-0.1, -0.05) is 12.1 Å². The fourth-order valence-corrected chi connectivity index (χ4v) is 5.17. The first-order chi connectivity index (χ1) is 15.2. The van der Waals surface area contributed by atoms with Crippen LogP contribution >= 0.6 is 0 Å². The molecule has 3 N–H and O–H groups in total. The van der Waals surface area contributed by atoms with Crippen molar-refractivity contribution in [2.75, 3.05) is 32.1 Å². The number of pyridine rings is 1. The maximum absolute atomic E-state index is 13.3. The molecule has 2 bridgehead atoms. The third-order valence-electron chi connectivity index (χ3n) is 6.83. The van der Waals surface area contributed by atoms with Crippen molar-refractivity contribution >= 4 is 27.6 Å². The maximum Gasteiger partial charge on any atom is 0.261 e. The van der Waals surface area contributed by atoms with E-state index in [1.54, 1.807) is 7.11 Å². The molecule has 2 aromatic carbocycles. The number of methoxy groups -OCH3 is 1. The predicted octanol–water partition coefficient (Wildman–Crippen LogP) is 3.59. The maximum atomic E-state index is 13.3. The van der Waals surface area contributed by atoms with Gasteiger partial charge in [0.1, 0.15) is 17.1 Å². The van der Waals surface area contributed by atoms with Crippen LogP contribution in [0, 0.1) is 5.92 Å². The normalized spacial score (nSPS) is 22.8. The molecule has 0 aliphatic carbocycles. The number of H-pyrrole nitrogens is 2. The molecule has 7 heteroatoms.